The summed E-state index contributed by atoms with van der Waals surface area (Å²) >= 11 is 0. The van der Waals surface area contributed by atoms with Gasteiger partial charge in [-0.15, -0.1) is 0 Å². The first-order valence-electron chi connectivity index (χ1n) is 6.13. The van der Waals surface area contributed by atoms with Gasteiger partial charge in [0.25, 0.3) is 0 Å². The lowest BCUT2D eigenvalue weighted by molar-refractivity contribution is -0.115. The largest absolute Gasteiger partial charge is 0.295 e. The number of carbonyl (C=O) groups is 1. The fourth-order valence-electron chi connectivity index (χ4n) is 1.94. The normalized spacial score (nSPS) is 21.3. The van der Waals surface area contributed by atoms with Crippen LogP contribution in [0.5, 0.6) is 0 Å². The molecule has 1 atom stereocenters. The fourth-order valence-corrected chi connectivity index (χ4v) is 1.94. The highest BCUT2D eigenvalue weighted by molar-refractivity contribution is 5.98. The molecule has 0 radical (unpaired) electrons. The monoisotopic (exact) mass is 206 g/mol. The number of rotatable bonds is 6. The van der Waals surface area contributed by atoms with E-state index in [-0.39, 0.29) is 0 Å². The van der Waals surface area contributed by atoms with Crippen LogP contribution in [0.25, 0.3) is 0 Å². The maximum Gasteiger partial charge on any atom is 0.159 e. The number of Topliss-reactive ketones (excluding diaryl/α,β-unsaturated/α-hetero) is 1. The summed E-state index contributed by atoms with van der Waals surface area (Å²) < 4.78 is 0. The molecule has 0 saturated carbocycles. The van der Waals surface area contributed by atoms with Crippen molar-refractivity contribution in [3.63, 3.8) is 0 Å². The molecule has 0 fully saturated rings. The number of hydrogen-bond donors (Lipinski definition) is 0. The third-order valence-electron chi connectivity index (χ3n) is 2.83. The minimum atomic E-state index is 0.348. The number of carbonyl (C=O) groups excluding carboxylic acids is 1. The second kappa shape index (κ2) is 6.60. The Morgan fingerprint density at radius 3 is 2.80 bits per heavy atom. The van der Waals surface area contributed by atoms with Crippen molar-refractivity contribution in [3.8, 4) is 0 Å². The van der Waals surface area contributed by atoms with Crippen molar-refractivity contribution in [1.29, 1.82) is 0 Å². The molecule has 0 aliphatic heterocycles. The summed E-state index contributed by atoms with van der Waals surface area (Å²) in [6, 6.07) is 0. The van der Waals surface area contributed by atoms with Crippen molar-refractivity contribution in [3.05, 3.63) is 23.8 Å². The molecule has 1 aliphatic carbocycles. The predicted octanol–water partition coefficient (Wildman–Crippen LogP) is 4.05. The zero-order chi connectivity index (χ0) is 11.1. The zero-order valence-corrected chi connectivity index (χ0v) is 9.96. The van der Waals surface area contributed by atoms with Gasteiger partial charge in [0.15, 0.2) is 5.78 Å². The minimum Gasteiger partial charge on any atom is -0.295 e. The van der Waals surface area contributed by atoms with Crippen LogP contribution in [0, 0.1) is 5.92 Å². The first kappa shape index (κ1) is 12.2. The smallest absolute Gasteiger partial charge is 0.159 e. The summed E-state index contributed by atoms with van der Waals surface area (Å²) in [5.74, 6) is 0.807. The third-order valence-corrected chi connectivity index (χ3v) is 2.83. The van der Waals surface area contributed by atoms with Gasteiger partial charge in [-0.05, 0) is 30.8 Å². The van der Waals surface area contributed by atoms with Crippen molar-refractivity contribution in [2.24, 2.45) is 5.92 Å². The zero-order valence-electron chi connectivity index (χ0n) is 9.96. The van der Waals surface area contributed by atoms with Crippen LogP contribution in [0.15, 0.2) is 23.8 Å². The van der Waals surface area contributed by atoms with E-state index >= 15 is 0 Å². The molecular weight excluding hydrogens is 184 g/mol. The van der Waals surface area contributed by atoms with Crippen LogP contribution in [0.1, 0.15) is 52.4 Å². The van der Waals surface area contributed by atoms with Crippen LogP contribution in [0.4, 0.5) is 0 Å². The van der Waals surface area contributed by atoms with Crippen molar-refractivity contribution in [1.82, 2.24) is 0 Å². The Bertz CT molecular complexity index is 261. The molecule has 1 unspecified atom stereocenters. The van der Waals surface area contributed by atoms with Gasteiger partial charge in [0.05, 0.1) is 0 Å². The molecule has 1 aliphatic rings. The minimum absolute atomic E-state index is 0.348. The Morgan fingerprint density at radius 2 is 2.20 bits per heavy atom. The Balaban J connectivity index is 2.19. The average molecular weight is 206 g/mol. The van der Waals surface area contributed by atoms with Crippen LogP contribution in [-0.2, 0) is 4.79 Å². The van der Waals surface area contributed by atoms with E-state index in [1.54, 1.807) is 0 Å². The van der Waals surface area contributed by atoms with E-state index in [0.717, 1.165) is 24.8 Å². The van der Waals surface area contributed by atoms with Crippen molar-refractivity contribution < 1.29 is 4.79 Å². The van der Waals surface area contributed by atoms with Gasteiger partial charge in [0, 0.05) is 6.42 Å². The standard InChI is InChI=1S/C14H22O/c1-3-4-5-6-7-8-9-13-10-12(2)11-14(13)15/h7-8,10,12H,3-6,9,11H2,1-2H3. The van der Waals surface area contributed by atoms with Crippen molar-refractivity contribution in [2.45, 2.75) is 52.4 Å². The Labute approximate surface area is 93.3 Å². The molecular formula is C14H22O. The summed E-state index contributed by atoms with van der Waals surface area (Å²) in [6.45, 7) is 4.32. The van der Waals surface area contributed by atoms with Gasteiger partial charge in [-0.1, -0.05) is 44.9 Å². The lowest BCUT2D eigenvalue weighted by Crippen LogP contribution is -1.95. The van der Waals surface area contributed by atoms with Crippen LogP contribution in [0.3, 0.4) is 0 Å². The number of ketones is 1. The first-order valence-corrected chi connectivity index (χ1v) is 6.13. The van der Waals surface area contributed by atoms with Gasteiger partial charge in [0.1, 0.15) is 0 Å². The van der Waals surface area contributed by atoms with Gasteiger partial charge in [0.2, 0.25) is 0 Å². The Kier molecular flexibility index (Phi) is 5.38. The molecule has 0 aromatic heterocycles. The summed E-state index contributed by atoms with van der Waals surface area (Å²) in [4.78, 5) is 11.4. The third kappa shape index (κ3) is 4.46. The van der Waals surface area contributed by atoms with E-state index in [2.05, 4.69) is 32.1 Å². The van der Waals surface area contributed by atoms with E-state index in [0.29, 0.717) is 11.7 Å². The molecule has 0 aromatic rings. The maximum atomic E-state index is 11.4. The van der Waals surface area contributed by atoms with Gasteiger partial charge < -0.3 is 0 Å². The molecule has 1 heteroatoms. The van der Waals surface area contributed by atoms with Crippen LogP contribution < -0.4 is 0 Å². The lowest BCUT2D eigenvalue weighted by Gasteiger charge is -1.94. The van der Waals surface area contributed by atoms with Gasteiger partial charge in [-0.2, -0.15) is 0 Å². The molecule has 0 spiro atoms. The van der Waals surface area contributed by atoms with E-state index in [4.69, 9.17) is 0 Å². The first-order chi connectivity index (χ1) is 7.24. The number of unbranched alkanes of at least 4 members (excludes halogenated alkanes) is 3. The van der Waals surface area contributed by atoms with Crippen LogP contribution >= 0.6 is 0 Å². The molecule has 0 bridgehead atoms. The Hall–Kier alpha value is -0.850. The summed E-state index contributed by atoms with van der Waals surface area (Å²) in [5, 5.41) is 0. The highest BCUT2D eigenvalue weighted by Crippen LogP contribution is 2.22. The fraction of sp³-hybridized carbons (Fsp3) is 0.643. The van der Waals surface area contributed by atoms with E-state index in [9.17, 15) is 4.79 Å². The molecule has 0 aromatic carbocycles. The Morgan fingerprint density at radius 1 is 1.40 bits per heavy atom. The maximum absolute atomic E-state index is 11.4. The predicted molar refractivity (Wildman–Crippen MR) is 64.8 cm³/mol. The van der Waals surface area contributed by atoms with Crippen LogP contribution in [0.2, 0.25) is 0 Å². The quantitative estimate of drug-likeness (QED) is 0.473. The topological polar surface area (TPSA) is 17.1 Å². The highest BCUT2D eigenvalue weighted by atomic mass is 16.1. The van der Waals surface area contributed by atoms with Gasteiger partial charge in [-0.25, -0.2) is 0 Å². The molecule has 1 nitrogen and oxygen atoms in total. The highest BCUT2D eigenvalue weighted by Gasteiger charge is 2.18. The molecule has 15 heavy (non-hydrogen) atoms. The van der Waals surface area contributed by atoms with Gasteiger partial charge in [-0.3, -0.25) is 4.79 Å². The summed E-state index contributed by atoms with van der Waals surface area (Å²) in [5.41, 5.74) is 1.02. The van der Waals surface area contributed by atoms with Crippen molar-refractivity contribution in [2.75, 3.05) is 0 Å². The molecule has 84 valence electrons. The molecule has 0 N–H and O–H groups in total. The average Bonchev–Trinajstić information content (AvgIpc) is 2.51. The van der Waals surface area contributed by atoms with E-state index < -0.39 is 0 Å². The molecule has 0 saturated heterocycles. The summed E-state index contributed by atoms with van der Waals surface area (Å²) in [6.07, 6.45) is 13.1. The molecule has 0 amide bonds. The van der Waals surface area contributed by atoms with Gasteiger partial charge >= 0.3 is 0 Å². The molecule has 1 rings (SSSR count). The SMILES string of the molecule is CCCCCC=CCC1=CC(C)CC1=O. The summed E-state index contributed by atoms with van der Waals surface area (Å²) in [7, 11) is 0. The lowest BCUT2D eigenvalue weighted by atomic mass is 10.1. The second-order valence-electron chi connectivity index (χ2n) is 4.47. The number of hydrogen-bond acceptors (Lipinski definition) is 1. The number of allylic oxidation sites excluding steroid dienone is 4. The second-order valence-corrected chi connectivity index (χ2v) is 4.47. The van der Waals surface area contributed by atoms with Crippen LogP contribution in [-0.4, -0.2) is 5.78 Å². The van der Waals surface area contributed by atoms with Crippen molar-refractivity contribution >= 4 is 5.78 Å². The molecule has 0 heterocycles. The van der Waals surface area contributed by atoms with E-state index in [1.165, 1.54) is 19.3 Å². The van der Waals surface area contributed by atoms with E-state index in [1.807, 2.05) is 0 Å².